The number of nitrogens with zero attached hydrogens (tertiary/aromatic N) is 6. The van der Waals surface area contributed by atoms with Gasteiger partial charge in [0.2, 0.25) is 5.91 Å². The average molecular weight is 592 g/mol. The number of dihydropyridines is 1. The fourth-order valence-corrected chi connectivity index (χ4v) is 6.46. The lowest BCUT2D eigenvalue weighted by atomic mass is 9.90. The van der Waals surface area contributed by atoms with Crippen molar-refractivity contribution in [2.75, 3.05) is 23.7 Å². The Balaban J connectivity index is 1.79. The van der Waals surface area contributed by atoms with Crippen molar-refractivity contribution in [1.29, 1.82) is 0 Å². The second kappa shape index (κ2) is 11.3. The van der Waals surface area contributed by atoms with E-state index in [0.717, 1.165) is 5.57 Å². The molecule has 3 aromatic rings. The third-order valence-electron chi connectivity index (χ3n) is 8.11. The van der Waals surface area contributed by atoms with Gasteiger partial charge in [0.15, 0.2) is 0 Å². The molecule has 2 aromatic heterocycles. The van der Waals surface area contributed by atoms with Crippen molar-refractivity contribution in [3.05, 3.63) is 69.9 Å². The molecule has 4 atom stereocenters. The first-order chi connectivity index (χ1) is 19.9. The fraction of sp³-hybridized carbons (Fsp3) is 0.387. The lowest BCUT2D eigenvalue weighted by Gasteiger charge is -2.44. The molecule has 2 aliphatic rings. The third kappa shape index (κ3) is 4.98. The van der Waals surface area contributed by atoms with Crippen LogP contribution in [0.15, 0.2) is 58.4 Å². The monoisotopic (exact) mass is 591 g/mol. The summed E-state index contributed by atoms with van der Waals surface area (Å²) in [6, 6.07) is 4.99. The standard InChI is InChI=1S/C31H35ClFN7O2/c1-7-24(41)39-18(5)14-38(15-19(39)6)29-20-13-21(32)27(25-22(33)9-8-10-23(25)34)36-30(20)40(31(42)37-29)28-17(4)11-12-35-26(28)16(2)3/h7-13,16,18-19,26,28H,1,14-15,34H2,2-6H3/t18-,19+,26-,28-/m0/s1. The number of fused-ring (bicyclic) bond motifs is 1. The van der Waals surface area contributed by atoms with Crippen molar-refractivity contribution < 1.29 is 9.18 Å². The molecule has 1 aromatic carbocycles. The molecule has 4 heterocycles. The summed E-state index contributed by atoms with van der Waals surface area (Å²) in [5.41, 5.74) is 7.28. The molecule has 11 heteroatoms. The smallest absolute Gasteiger partial charge is 0.351 e. The van der Waals surface area contributed by atoms with E-state index in [1.54, 1.807) is 27.8 Å². The maximum absolute atomic E-state index is 15.1. The largest absolute Gasteiger partial charge is 0.398 e. The van der Waals surface area contributed by atoms with E-state index in [9.17, 15) is 9.59 Å². The van der Waals surface area contributed by atoms with Gasteiger partial charge in [0.25, 0.3) is 0 Å². The van der Waals surface area contributed by atoms with Crippen LogP contribution in [0.5, 0.6) is 0 Å². The molecule has 5 rings (SSSR count). The number of hydrogen-bond donors (Lipinski definition) is 1. The normalized spacial score (nSPS) is 22.5. The number of piperazine rings is 1. The van der Waals surface area contributed by atoms with Crippen LogP contribution in [0.1, 0.15) is 40.7 Å². The quantitative estimate of drug-likeness (QED) is 0.329. The molecule has 1 amide bonds. The van der Waals surface area contributed by atoms with Crippen LogP contribution >= 0.6 is 11.6 Å². The zero-order valence-electron chi connectivity index (χ0n) is 24.4. The first kappa shape index (κ1) is 29.4. The summed E-state index contributed by atoms with van der Waals surface area (Å²) >= 11 is 6.80. The van der Waals surface area contributed by atoms with Gasteiger partial charge in [-0.1, -0.05) is 38.1 Å². The Morgan fingerprint density at radius 2 is 1.90 bits per heavy atom. The molecule has 0 bridgehead atoms. The Labute approximate surface area is 249 Å². The van der Waals surface area contributed by atoms with Crippen molar-refractivity contribution in [1.82, 2.24) is 19.4 Å². The van der Waals surface area contributed by atoms with E-state index in [1.807, 2.05) is 45.6 Å². The number of amides is 1. The summed E-state index contributed by atoms with van der Waals surface area (Å²) in [7, 11) is 0. The van der Waals surface area contributed by atoms with Gasteiger partial charge >= 0.3 is 5.69 Å². The van der Waals surface area contributed by atoms with Crippen LogP contribution in [0.3, 0.4) is 0 Å². The van der Waals surface area contributed by atoms with E-state index in [4.69, 9.17) is 27.3 Å². The summed E-state index contributed by atoms with van der Waals surface area (Å²) in [6.07, 6.45) is 4.94. The van der Waals surface area contributed by atoms with Crippen molar-refractivity contribution >= 4 is 46.3 Å². The average Bonchev–Trinajstić information content (AvgIpc) is 2.92. The minimum absolute atomic E-state index is 0.0647. The van der Waals surface area contributed by atoms with Crippen LogP contribution in [0.2, 0.25) is 5.02 Å². The van der Waals surface area contributed by atoms with Gasteiger partial charge in [0, 0.05) is 37.1 Å². The molecule has 2 aliphatic heterocycles. The highest BCUT2D eigenvalue weighted by Crippen LogP contribution is 2.39. The number of halogens is 2. The minimum atomic E-state index is -0.573. The second-order valence-electron chi connectivity index (χ2n) is 11.4. The number of nitrogen functional groups attached to an aromatic ring is 1. The molecule has 1 fully saturated rings. The highest BCUT2D eigenvalue weighted by atomic mass is 35.5. The third-order valence-corrected chi connectivity index (χ3v) is 8.40. The molecule has 0 radical (unpaired) electrons. The molecule has 42 heavy (non-hydrogen) atoms. The molecule has 0 aliphatic carbocycles. The molecular formula is C31H35ClFN7O2. The van der Waals surface area contributed by atoms with Gasteiger partial charge in [0.05, 0.1) is 33.7 Å². The van der Waals surface area contributed by atoms with Gasteiger partial charge in [-0.15, -0.1) is 0 Å². The molecule has 0 spiro atoms. The Kier molecular flexibility index (Phi) is 7.94. The predicted molar refractivity (Wildman–Crippen MR) is 167 cm³/mol. The van der Waals surface area contributed by atoms with E-state index in [2.05, 4.69) is 11.6 Å². The number of allylic oxidation sites excluding steroid dienone is 1. The lowest BCUT2D eigenvalue weighted by molar-refractivity contribution is -0.130. The second-order valence-corrected chi connectivity index (χ2v) is 11.8. The summed E-state index contributed by atoms with van der Waals surface area (Å²) in [6.45, 7) is 14.4. The van der Waals surface area contributed by atoms with Crippen LogP contribution in [0.25, 0.3) is 22.3 Å². The van der Waals surface area contributed by atoms with E-state index in [1.165, 1.54) is 18.2 Å². The van der Waals surface area contributed by atoms with Crippen LogP contribution < -0.4 is 16.3 Å². The number of hydrogen-bond acceptors (Lipinski definition) is 7. The highest BCUT2D eigenvalue weighted by molar-refractivity contribution is 6.34. The summed E-state index contributed by atoms with van der Waals surface area (Å²) < 4.78 is 16.7. The Morgan fingerprint density at radius 3 is 2.52 bits per heavy atom. The van der Waals surface area contributed by atoms with E-state index >= 15 is 4.39 Å². The number of rotatable bonds is 5. The molecule has 220 valence electrons. The summed E-state index contributed by atoms with van der Waals surface area (Å²) in [5.74, 6) is -0.224. The van der Waals surface area contributed by atoms with Crippen LogP contribution in [-0.2, 0) is 4.79 Å². The Hall–Kier alpha value is -4.05. The number of aliphatic imine (C=N–C) groups is 1. The molecule has 0 unspecified atom stereocenters. The Morgan fingerprint density at radius 1 is 1.21 bits per heavy atom. The van der Waals surface area contributed by atoms with E-state index in [-0.39, 0.29) is 51.9 Å². The van der Waals surface area contributed by atoms with Gasteiger partial charge < -0.3 is 15.5 Å². The number of benzene rings is 1. The molecular weight excluding hydrogens is 557 g/mol. The maximum atomic E-state index is 15.1. The first-order valence-electron chi connectivity index (χ1n) is 14.0. The highest BCUT2D eigenvalue weighted by Gasteiger charge is 2.36. The first-order valence-corrected chi connectivity index (χ1v) is 14.4. The minimum Gasteiger partial charge on any atom is -0.398 e. The van der Waals surface area contributed by atoms with Crippen LogP contribution in [0.4, 0.5) is 15.9 Å². The number of aromatic nitrogens is 3. The van der Waals surface area contributed by atoms with Crippen LogP contribution in [-0.4, -0.2) is 62.8 Å². The number of anilines is 2. The topological polar surface area (TPSA) is 110 Å². The van der Waals surface area contributed by atoms with Crippen molar-refractivity contribution in [3.8, 4) is 11.3 Å². The van der Waals surface area contributed by atoms with Crippen molar-refractivity contribution in [2.24, 2.45) is 10.9 Å². The number of carbonyl (C=O) groups is 1. The van der Waals surface area contributed by atoms with Crippen LogP contribution in [0, 0.1) is 11.7 Å². The van der Waals surface area contributed by atoms with Gasteiger partial charge in [-0.3, -0.25) is 14.4 Å². The van der Waals surface area contributed by atoms with E-state index < -0.39 is 17.5 Å². The van der Waals surface area contributed by atoms with E-state index in [0.29, 0.717) is 29.9 Å². The zero-order chi connectivity index (χ0) is 30.5. The lowest BCUT2D eigenvalue weighted by Crippen LogP contribution is -2.58. The van der Waals surface area contributed by atoms with Crippen molar-refractivity contribution in [2.45, 2.75) is 58.8 Å². The zero-order valence-corrected chi connectivity index (χ0v) is 25.1. The SMILES string of the molecule is C=CC(=O)N1[C@H](C)CN(c2nc(=O)n([C@H]3C(C)=CC=N[C@H]3C(C)C)c3nc(-c4c(N)cccc4F)c(Cl)cc23)C[C@@H]1C. The van der Waals surface area contributed by atoms with Gasteiger partial charge in [-0.2, -0.15) is 4.98 Å². The van der Waals surface area contributed by atoms with Gasteiger partial charge in [-0.25, -0.2) is 14.2 Å². The number of pyridine rings is 1. The number of carbonyl (C=O) groups excluding carboxylic acids is 1. The van der Waals surface area contributed by atoms with Gasteiger partial charge in [-0.05, 0) is 62.6 Å². The fourth-order valence-electron chi connectivity index (χ4n) is 6.22. The Bertz CT molecular complexity index is 1670. The molecule has 2 N–H and O–H groups in total. The molecule has 9 nitrogen and oxygen atoms in total. The number of nitrogens with two attached hydrogens (primary N) is 1. The summed E-state index contributed by atoms with van der Waals surface area (Å²) in [5, 5.41) is 0.703. The molecule has 0 saturated carbocycles. The maximum Gasteiger partial charge on any atom is 0.351 e. The molecule has 1 saturated heterocycles. The van der Waals surface area contributed by atoms with Gasteiger partial charge in [0.1, 0.15) is 17.3 Å². The predicted octanol–water partition coefficient (Wildman–Crippen LogP) is 5.04. The van der Waals surface area contributed by atoms with Crippen molar-refractivity contribution in [3.63, 3.8) is 0 Å². The summed E-state index contributed by atoms with van der Waals surface area (Å²) in [4.78, 5) is 44.5.